The van der Waals surface area contributed by atoms with E-state index in [9.17, 15) is 14.4 Å². The van der Waals surface area contributed by atoms with Crippen LogP contribution in [0.3, 0.4) is 0 Å². The van der Waals surface area contributed by atoms with Gasteiger partial charge in [-0.25, -0.2) is 0 Å². The number of aryl methyl sites for hydroxylation is 2. The van der Waals surface area contributed by atoms with Gasteiger partial charge in [0.25, 0.3) is 11.1 Å². The first kappa shape index (κ1) is 28.8. The molecule has 1 saturated heterocycles. The zero-order valence-electron chi connectivity index (χ0n) is 21.1. The molecule has 0 spiro atoms. The van der Waals surface area contributed by atoms with E-state index in [1.165, 1.54) is 13.2 Å². The van der Waals surface area contributed by atoms with Crippen LogP contribution in [0.5, 0.6) is 11.5 Å². The Labute approximate surface area is 245 Å². The van der Waals surface area contributed by atoms with Gasteiger partial charge < -0.3 is 14.8 Å². The van der Waals surface area contributed by atoms with Gasteiger partial charge in [-0.05, 0) is 84.8 Å². The summed E-state index contributed by atoms with van der Waals surface area (Å²) < 4.78 is 11.3. The fourth-order valence-corrected chi connectivity index (χ4v) is 5.28. The van der Waals surface area contributed by atoms with Crippen molar-refractivity contribution in [2.45, 2.75) is 20.5 Å². The van der Waals surface area contributed by atoms with Crippen LogP contribution in [0.2, 0.25) is 15.1 Å². The molecule has 1 N–H and O–H groups in total. The molecule has 202 valence electrons. The summed E-state index contributed by atoms with van der Waals surface area (Å²) in [6, 6.07) is 13.8. The normalized spacial score (nSPS) is 14.2. The zero-order valence-corrected chi connectivity index (χ0v) is 24.2. The number of rotatable bonds is 8. The average molecular weight is 606 g/mol. The van der Waals surface area contributed by atoms with Gasteiger partial charge in [-0.1, -0.05) is 46.9 Å². The van der Waals surface area contributed by atoms with Gasteiger partial charge in [0.15, 0.2) is 11.5 Å². The Morgan fingerprint density at radius 2 is 1.77 bits per heavy atom. The first-order chi connectivity index (χ1) is 18.5. The SMILES string of the molecule is COc1cc(/C=C2/SC(=O)N(CC(=O)Nc3ccc(C)c(C)c3)C2=O)cc(Cl)c1OCc1ccc(Cl)cc1Cl. The number of carbonyl (C=O) groups is 3. The van der Waals surface area contributed by atoms with E-state index in [1.54, 1.807) is 36.4 Å². The van der Waals surface area contributed by atoms with Crippen molar-refractivity contribution in [3.8, 4) is 11.5 Å². The van der Waals surface area contributed by atoms with Crippen molar-refractivity contribution in [3.63, 3.8) is 0 Å². The standard InChI is InChI=1S/C28H23Cl3N2O5S/c1-15-4-7-20(8-16(15)2)32-25(34)13-33-27(35)24(39-28(33)36)11-17-9-22(31)26(23(10-17)37-3)38-14-18-5-6-19(29)12-21(18)30/h4-12H,13-14H2,1-3H3,(H,32,34)/b24-11+. The molecule has 0 bridgehead atoms. The Hall–Kier alpha value is -3.17. The third kappa shape index (κ3) is 6.89. The van der Waals surface area contributed by atoms with Crippen LogP contribution in [0.15, 0.2) is 53.4 Å². The highest BCUT2D eigenvalue weighted by Crippen LogP contribution is 2.39. The topological polar surface area (TPSA) is 84.9 Å². The molecule has 1 heterocycles. The van der Waals surface area contributed by atoms with Crippen molar-refractivity contribution in [1.29, 1.82) is 0 Å². The summed E-state index contributed by atoms with van der Waals surface area (Å²) in [7, 11) is 1.46. The molecule has 4 rings (SSSR count). The maximum atomic E-state index is 13.0. The number of methoxy groups -OCH3 is 1. The minimum atomic E-state index is -0.576. The quantitative estimate of drug-likeness (QED) is 0.267. The van der Waals surface area contributed by atoms with E-state index in [2.05, 4.69) is 5.32 Å². The van der Waals surface area contributed by atoms with E-state index in [0.29, 0.717) is 38.4 Å². The maximum Gasteiger partial charge on any atom is 0.294 e. The van der Waals surface area contributed by atoms with Crippen LogP contribution in [0.4, 0.5) is 10.5 Å². The molecule has 0 aliphatic carbocycles. The molecular formula is C28H23Cl3N2O5S. The second-order valence-corrected chi connectivity index (χ2v) is 10.9. The highest BCUT2D eigenvalue weighted by molar-refractivity contribution is 8.18. The molecule has 3 aromatic rings. The Bertz CT molecular complexity index is 1510. The van der Waals surface area contributed by atoms with Crippen LogP contribution >= 0.6 is 46.6 Å². The number of hydrogen-bond donors (Lipinski definition) is 1. The van der Waals surface area contributed by atoms with Gasteiger partial charge in [0, 0.05) is 21.3 Å². The van der Waals surface area contributed by atoms with Crippen LogP contribution in [-0.2, 0) is 16.2 Å². The number of carbonyl (C=O) groups excluding carboxylic acids is 3. The molecule has 39 heavy (non-hydrogen) atoms. The number of anilines is 1. The summed E-state index contributed by atoms with van der Waals surface area (Å²) in [5.41, 5.74) is 3.91. The number of nitrogens with zero attached hydrogens (tertiary/aromatic N) is 1. The molecule has 1 aliphatic heterocycles. The number of thioether (sulfide) groups is 1. The molecule has 1 aliphatic rings. The molecule has 3 aromatic carbocycles. The largest absolute Gasteiger partial charge is 0.493 e. The first-order valence-corrected chi connectivity index (χ1v) is 13.6. The monoisotopic (exact) mass is 604 g/mol. The molecular weight excluding hydrogens is 583 g/mol. The predicted molar refractivity (Wildman–Crippen MR) is 156 cm³/mol. The molecule has 3 amide bonds. The Morgan fingerprint density at radius 1 is 1.00 bits per heavy atom. The molecule has 0 unspecified atom stereocenters. The number of imide groups is 1. The van der Waals surface area contributed by atoms with Crippen LogP contribution in [0.1, 0.15) is 22.3 Å². The van der Waals surface area contributed by atoms with Gasteiger partial charge >= 0.3 is 0 Å². The lowest BCUT2D eigenvalue weighted by Gasteiger charge is -2.14. The van der Waals surface area contributed by atoms with Crippen molar-refractivity contribution < 1.29 is 23.9 Å². The van der Waals surface area contributed by atoms with Crippen LogP contribution < -0.4 is 14.8 Å². The number of halogens is 3. The Kier molecular flexibility index (Phi) is 9.12. The fourth-order valence-electron chi connectivity index (χ4n) is 3.70. The van der Waals surface area contributed by atoms with Crippen molar-refractivity contribution in [1.82, 2.24) is 4.90 Å². The van der Waals surface area contributed by atoms with Crippen LogP contribution in [-0.4, -0.2) is 35.6 Å². The molecule has 1 fully saturated rings. The molecule has 0 radical (unpaired) electrons. The zero-order chi connectivity index (χ0) is 28.3. The van der Waals surface area contributed by atoms with Gasteiger partial charge in [-0.15, -0.1) is 0 Å². The smallest absolute Gasteiger partial charge is 0.294 e. The number of hydrogen-bond acceptors (Lipinski definition) is 6. The minimum absolute atomic E-state index is 0.120. The third-order valence-electron chi connectivity index (χ3n) is 5.90. The van der Waals surface area contributed by atoms with Crippen molar-refractivity contribution in [2.24, 2.45) is 0 Å². The summed E-state index contributed by atoms with van der Waals surface area (Å²) in [5.74, 6) is -0.439. The summed E-state index contributed by atoms with van der Waals surface area (Å²) >= 11 is 19.4. The fraction of sp³-hybridized carbons (Fsp3) is 0.179. The number of ether oxygens (including phenoxy) is 2. The molecule has 0 saturated carbocycles. The number of benzene rings is 3. The second-order valence-electron chi connectivity index (χ2n) is 8.67. The van der Waals surface area contributed by atoms with Crippen molar-refractivity contribution in [2.75, 3.05) is 19.0 Å². The van der Waals surface area contributed by atoms with Gasteiger partial charge in [-0.2, -0.15) is 0 Å². The summed E-state index contributed by atoms with van der Waals surface area (Å²) in [5, 5.41) is 3.38. The lowest BCUT2D eigenvalue weighted by Crippen LogP contribution is -2.36. The van der Waals surface area contributed by atoms with Crippen LogP contribution in [0, 0.1) is 13.8 Å². The van der Waals surface area contributed by atoms with Gasteiger partial charge in [0.1, 0.15) is 13.2 Å². The summed E-state index contributed by atoms with van der Waals surface area (Å²) in [6.45, 7) is 3.61. The molecule has 0 atom stereocenters. The molecule has 0 aromatic heterocycles. The minimum Gasteiger partial charge on any atom is -0.493 e. The van der Waals surface area contributed by atoms with Crippen molar-refractivity contribution >= 4 is 75.4 Å². The lowest BCUT2D eigenvalue weighted by atomic mass is 10.1. The predicted octanol–water partition coefficient (Wildman–Crippen LogP) is 7.53. The van der Waals surface area contributed by atoms with Gasteiger partial charge in [0.05, 0.1) is 17.0 Å². The second kappa shape index (κ2) is 12.3. The third-order valence-corrected chi connectivity index (χ3v) is 7.68. The number of amides is 3. The van der Waals surface area contributed by atoms with E-state index < -0.39 is 23.6 Å². The van der Waals surface area contributed by atoms with E-state index in [4.69, 9.17) is 44.3 Å². The van der Waals surface area contributed by atoms with Crippen LogP contribution in [0.25, 0.3) is 6.08 Å². The Morgan fingerprint density at radius 3 is 2.46 bits per heavy atom. The van der Waals surface area contributed by atoms with E-state index in [0.717, 1.165) is 27.8 Å². The number of nitrogens with one attached hydrogen (secondary N) is 1. The highest BCUT2D eigenvalue weighted by atomic mass is 35.5. The van der Waals surface area contributed by atoms with Gasteiger partial charge in [0.2, 0.25) is 5.91 Å². The highest BCUT2D eigenvalue weighted by Gasteiger charge is 2.36. The van der Waals surface area contributed by atoms with Crippen molar-refractivity contribution in [3.05, 3.63) is 90.8 Å². The van der Waals surface area contributed by atoms with E-state index in [-0.39, 0.29) is 16.5 Å². The summed E-state index contributed by atoms with van der Waals surface area (Å²) in [4.78, 5) is 39.1. The maximum absolute atomic E-state index is 13.0. The van der Waals surface area contributed by atoms with Gasteiger partial charge in [-0.3, -0.25) is 19.3 Å². The van der Waals surface area contributed by atoms with E-state index >= 15 is 0 Å². The first-order valence-electron chi connectivity index (χ1n) is 11.6. The average Bonchev–Trinajstić information content (AvgIpc) is 3.13. The van der Waals surface area contributed by atoms with E-state index in [1.807, 2.05) is 26.0 Å². The molecule has 11 heteroatoms. The molecule has 7 nitrogen and oxygen atoms in total. The Balaban J connectivity index is 1.47. The lowest BCUT2D eigenvalue weighted by molar-refractivity contribution is -0.127. The summed E-state index contributed by atoms with van der Waals surface area (Å²) in [6.07, 6.45) is 1.51.